The first kappa shape index (κ1) is 9.67. The number of aromatic nitrogens is 1. The van der Waals surface area contributed by atoms with Gasteiger partial charge in [0.1, 0.15) is 0 Å². The van der Waals surface area contributed by atoms with Crippen LogP contribution in [0.4, 0.5) is 0 Å². The Morgan fingerprint density at radius 1 is 1.62 bits per heavy atom. The average Bonchev–Trinajstić information content (AvgIpc) is 2.34. The van der Waals surface area contributed by atoms with E-state index in [1.165, 1.54) is 5.56 Å². The summed E-state index contributed by atoms with van der Waals surface area (Å²) in [6.07, 6.45) is 2.81. The SMILES string of the molecule is C=C(C)CC#Cc1c(C)ccn1C. The Morgan fingerprint density at radius 2 is 2.31 bits per heavy atom. The Hall–Kier alpha value is -1.42. The molecule has 0 aliphatic rings. The monoisotopic (exact) mass is 173 g/mol. The molecule has 0 saturated heterocycles. The van der Waals surface area contributed by atoms with Crippen LogP contribution in [0.25, 0.3) is 0 Å². The molecular weight excluding hydrogens is 158 g/mol. The van der Waals surface area contributed by atoms with Crippen molar-refractivity contribution in [2.24, 2.45) is 7.05 Å². The Morgan fingerprint density at radius 3 is 2.77 bits per heavy atom. The molecule has 1 nitrogen and oxygen atoms in total. The lowest BCUT2D eigenvalue weighted by molar-refractivity contribution is 0.907. The summed E-state index contributed by atoms with van der Waals surface area (Å²) in [5, 5.41) is 0. The number of hydrogen-bond donors (Lipinski definition) is 0. The van der Waals surface area contributed by atoms with E-state index < -0.39 is 0 Å². The van der Waals surface area contributed by atoms with Gasteiger partial charge < -0.3 is 4.57 Å². The molecule has 0 aromatic carbocycles. The first-order valence-electron chi connectivity index (χ1n) is 4.36. The summed E-state index contributed by atoms with van der Waals surface area (Å²) in [6.45, 7) is 7.88. The molecule has 13 heavy (non-hydrogen) atoms. The van der Waals surface area contributed by atoms with Gasteiger partial charge in [-0.1, -0.05) is 18.1 Å². The van der Waals surface area contributed by atoms with Crippen LogP contribution < -0.4 is 0 Å². The Balaban J connectivity index is 2.82. The van der Waals surface area contributed by atoms with E-state index in [0.717, 1.165) is 17.7 Å². The summed E-state index contributed by atoms with van der Waals surface area (Å²) in [6, 6.07) is 2.07. The molecule has 1 aromatic rings. The Labute approximate surface area is 80.1 Å². The topological polar surface area (TPSA) is 4.93 Å². The second-order valence-electron chi connectivity index (χ2n) is 3.39. The van der Waals surface area contributed by atoms with Crippen molar-refractivity contribution in [3.63, 3.8) is 0 Å². The Bertz CT molecular complexity index is 352. The smallest absolute Gasteiger partial charge is 0.0946 e. The van der Waals surface area contributed by atoms with Crippen molar-refractivity contribution < 1.29 is 0 Å². The van der Waals surface area contributed by atoms with Crippen molar-refractivity contribution in [2.45, 2.75) is 20.3 Å². The normalized spacial score (nSPS) is 9.15. The van der Waals surface area contributed by atoms with Gasteiger partial charge >= 0.3 is 0 Å². The molecule has 0 amide bonds. The molecule has 1 rings (SSSR count). The number of hydrogen-bond acceptors (Lipinski definition) is 0. The summed E-state index contributed by atoms with van der Waals surface area (Å²) < 4.78 is 2.04. The van der Waals surface area contributed by atoms with Gasteiger partial charge in [0, 0.05) is 19.7 Å². The van der Waals surface area contributed by atoms with Crippen molar-refractivity contribution in [3.8, 4) is 11.8 Å². The lowest BCUT2D eigenvalue weighted by atomic mass is 10.2. The van der Waals surface area contributed by atoms with Crippen molar-refractivity contribution in [2.75, 3.05) is 0 Å². The van der Waals surface area contributed by atoms with E-state index in [4.69, 9.17) is 0 Å². The maximum Gasteiger partial charge on any atom is 0.0946 e. The fraction of sp³-hybridized carbons (Fsp3) is 0.333. The third kappa shape index (κ3) is 2.52. The van der Waals surface area contributed by atoms with Crippen LogP contribution in [0.2, 0.25) is 0 Å². The van der Waals surface area contributed by atoms with Gasteiger partial charge in [-0.15, -0.1) is 0 Å². The zero-order valence-corrected chi connectivity index (χ0v) is 8.52. The molecule has 0 unspecified atom stereocenters. The molecule has 68 valence electrons. The van der Waals surface area contributed by atoms with Crippen molar-refractivity contribution in [1.82, 2.24) is 4.57 Å². The van der Waals surface area contributed by atoms with Crippen LogP contribution in [-0.4, -0.2) is 4.57 Å². The van der Waals surface area contributed by atoms with Crippen molar-refractivity contribution >= 4 is 0 Å². The predicted molar refractivity (Wildman–Crippen MR) is 56.5 cm³/mol. The zero-order valence-electron chi connectivity index (χ0n) is 8.52. The lowest BCUT2D eigenvalue weighted by Crippen LogP contribution is -1.90. The van der Waals surface area contributed by atoms with Crippen molar-refractivity contribution in [3.05, 3.63) is 35.7 Å². The summed E-state index contributed by atoms with van der Waals surface area (Å²) in [5.74, 6) is 6.24. The van der Waals surface area contributed by atoms with Crippen LogP contribution in [0, 0.1) is 18.8 Å². The number of rotatable bonds is 1. The molecule has 0 fully saturated rings. The molecule has 0 aliphatic heterocycles. The van der Waals surface area contributed by atoms with E-state index in [0.29, 0.717) is 0 Å². The van der Waals surface area contributed by atoms with Gasteiger partial charge in [-0.05, 0) is 31.4 Å². The van der Waals surface area contributed by atoms with E-state index in [1.54, 1.807) is 0 Å². The summed E-state index contributed by atoms with van der Waals surface area (Å²) in [7, 11) is 2.01. The van der Waals surface area contributed by atoms with Gasteiger partial charge in [0.25, 0.3) is 0 Å². The minimum atomic E-state index is 0.782. The van der Waals surface area contributed by atoms with Gasteiger partial charge in [0.2, 0.25) is 0 Å². The minimum Gasteiger partial charge on any atom is -0.344 e. The summed E-state index contributed by atoms with van der Waals surface area (Å²) in [4.78, 5) is 0. The highest BCUT2D eigenvalue weighted by atomic mass is 14.9. The molecule has 0 spiro atoms. The lowest BCUT2D eigenvalue weighted by Gasteiger charge is -1.94. The van der Waals surface area contributed by atoms with E-state index in [2.05, 4.69) is 31.4 Å². The standard InChI is InChI=1S/C12H15N/c1-10(2)6-5-7-12-11(3)8-9-13(12)4/h8-9H,1,6H2,2-4H3. The third-order valence-electron chi connectivity index (χ3n) is 1.87. The van der Waals surface area contributed by atoms with Gasteiger partial charge in [0.15, 0.2) is 0 Å². The Kier molecular flexibility index (Phi) is 2.97. The first-order chi connectivity index (χ1) is 6.11. The van der Waals surface area contributed by atoms with Gasteiger partial charge in [-0.2, -0.15) is 0 Å². The number of aryl methyl sites for hydroxylation is 2. The third-order valence-corrected chi connectivity index (χ3v) is 1.87. The molecule has 0 bridgehead atoms. The van der Waals surface area contributed by atoms with Gasteiger partial charge in [-0.25, -0.2) is 0 Å². The number of allylic oxidation sites excluding steroid dienone is 1. The maximum atomic E-state index is 3.81. The first-order valence-corrected chi connectivity index (χ1v) is 4.36. The zero-order chi connectivity index (χ0) is 9.84. The molecule has 0 atom stereocenters. The van der Waals surface area contributed by atoms with Gasteiger partial charge in [0.05, 0.1) is 5.69 Å². The van der Waals surface area contributed by atoms with Crippen molar-refractivity contribution in [1.29, 1.82) is 0 Å². The van der Waals surface area contributed by atoms with Crippen LogP contribution in [0.15, 0.2) is 24.4 Å². The predicted octanol–water partition coefficient (Wildman–Crippen LogP) is 2.65. The molecule has 0 aliphatic carbocycles. The minimum absolute atomic E-state index is 0.782. The van der Waals surface area contributed by atoms with Crippen LogP contribution in [-0.2, 0) is 7.05 Å². The molecule has 0 radical (unpaired) electrons. The quantitative estimate of drug-likeness (QED) is 0.454. The van der Waals surface area contributed by atoms with E-state index in [9.17, 15) is 0 Å². The molecule has 0 saturated carbocycles. The molecular formula is C12H15N. The van der Waals surface area contributed by atoms with E-state index in [1.807, 2.05) is 24.7 Å². The fourth-order valence-electron chi connectivity index (χ4n) is 1.12. The fourth-order valence-corrected chi connectivity index (χ4v) is 1.12. The molecule has 1 heteroatoms. The van der Waals surface area contributed by atoms with E-state index >= 15 is 0 Å². The van der Waals surface area contributed by atoms with Gasteiger partial charge in [-0.3, -0.25) is 0 Å². The summed E-state index contributed by atoms with van der Waals surface area (Å²) >= 11 is 0. The average molecular weight is 173 g/mol. The maximum absolute atomic E-state index is 3.81. The van der Waals surface area contributed by atoms with Crippen LogP contribution in [0.1, 0.15) is 24.6 Å². The second-order valence-corrected chi connectivity index (χ2v) is 3.39. The second kappa shape index (κ2) is 4.00. The van der Waals surface area contributed by atoms with Crippen LogP contribution in [0.3, 0.4) is 0 Å². The number of nitrogens with zero attached hydrogens (tertiary/aromatic N) is 1. The molecule has 0 N–H and O–H groups in total. The van der Waals surface area contributed by atoms with Crippen LogP contribution in [0.5, 0.6) is 0 Å². The highest BCUT2D eigenvalue weighted by molar-refractivity contribution is 5.37. The molecule has 1 aromatic heterocycles. The van der Waals surface area contributed by atoms with E-state index in [-0.39, 0.29) is 0 Å². The highest BCUT2D eigenvalue weighted by Crippen LogP contribution is 2.06. The summed E-state index contributed by atoms with van der Waals surface area (Å²) in [5.41, 5.74) is 3.44. The van der Waals surface area contributed by atoms with Crippen LogP contribution >= 0.6 is 0 Å². The largest absolute Gasteiger partial charge is 0.344 e. The highest BCUT2D eigenvalue weighted by Gasteiger charge is 1.96. The molecule has 1 heterocycles.